The molecule has 0 spiro atoms. The summed E-state index contributed by atoms with van der Waals surface area (Å²) in [6.45, 7) is 7.86. The number of esters is 1. The van der Waals surface area contributed by atoms with Crippen molar-refractivity contribution < 1.29 is 28.2 Å². The number of pyridine rings is 1. The van der Waals surface area contributed by atoms with Gasteiger partial charge in [0.05, 0.1) is 31.3 Å². The fourth-order valence-electron chi connectivity index (χ4n) is 6.32. The van der Waals surface area contributed by atoms with E-state index in [0.717, 1.165) is 41.6 Å². The van der Waals surface area contributed by atoms with Gasteiger partial charge in [-0.2, -0.15) is 0 Å². The lowest BCUT2D eigenvalue weighted by atomic mass is 9.93. The molecule has 0 N–H and O–H groups in total. The highest BCUT2D eigenvalue weighted by Crippen LogP contribution is 2.38. The molecule has 1 aliphatic heterocycles. The van der Waals surface area contributed by atoms with Crippen LogP contribution in [0.2, 0.25) is 0 Å². The number of hydrogen-bond acceptors (Lipinski definition) is 7. The van der Waals surface area contributed by atoms with E-state index in [-0.39, 0.29) is 43.5 Å². The number of aromatic nitrogens is 4. The molecule has 1 aromatic carbocycles. The molecule has 3 aromatic heterocycles. The lowest BCUT2D eigenvalue weighted by molar-refractivity contribution is -0.156. The number of hydrogen-bond donors (Lipinski definition) is 0. The summed E-state index contributed by atoms with van der Waals surface area (Å²) in [7, 11) is 3.45. The van der Waals surface area contributed by atoms with E-state index in [1.165, 1.54) is 11.8 Å². The first-order valence-corrected chi connectivity index (χ1v) is 15.5. The Morgan fingerprint density at radius 2 is 1.80 bits per heavy atom. The van der Waals surface area contributed by atoms with Crippen LogP contribution in [-0.4, -0.2) is 73.6 Å². The number of carbonyl (C=O) groups excluding carboxylic acids is 3. The van der Waals surface area contributed by atoms with Crippen LogP contribution in [-0.2, 0) is 23.1 Å². The number of nitrogens with zero attached hydrogens (tertiary/aromatic N) is 5. The van der Waals surface area contributed by atoms with Crippen molar-refractivity contribution in [2.75, 3.05) is 20.2 Å². The van der Waals surface area contributed by atoms with Crippen LogP contribution in [0.3, 0.4) is 0 Å². The average molecular weight is 618 g/mol. The summed E-state index contributed by atoms with van der Waals surface area (Å²) in [5.74, 6) is 0.510. The van der Waals surface area contributed by atoms with Crippen LogP contribution >= 0.6 is 0 Å². The number of fused-ring (bicyclic) bond motifs is 2. The fraction of sp³-hybridized carbons (Fsp3) is 0.500. The van der Waals surface area contributed by atoms with E-state index >= 15 is 0 Å². The molecule has 4 heterocycles. The number of piperidine rings is 1. The Labute approximate surface area is 261 Å². The van der Waals surface area contributed by atoms with Crippen molar-refractivity contribution in [3.05, 3.63) is 41.6 Å². The molecule has 0 radical (unpaired) electrons. The summed E-state index contributed by atoms with van der Waals surface area (Å²) in [5.41, 5.74) is 3.00. The van der Waals surface area contributed by atoms with Crippen molar-refractivity contribution >= 4 is 39.7 Å². The van der Waals surface area contributed by atoms with E-state index in [1.54, 1.807) is 46.1 Å². The van der Waals surface area contributed by atoms with Crippen LogP contribution in [0.4, 0.5) is 4.39 Å². The Balaban J connectivity index is 1.35. The van der Waals surface area contributed by atoms with E-state index in [2.05, 4.69) is 4.57 Å². The van der Waals surface area contributed by atoms with E-state index in [1.807, 2.05) is 23.7 Å². The predicted molar refractivity (Wildman–Crippen MR) is 168 cm³/mol. The number of aryl methyl sites for hydroxylation is 1. The summed E-state index contributed by atoms with van der Waals surface area (Å²) in [4.78, 5) is 49.5. The van der Waals surface area contributed by atoms with Crippen molar-refractivity contribution in [2.45, 2.75) is 71.7 Å². The molecule has 4 aromatic rings. The molecule has 1 saturated carbocycles. The summed E-state index contributed by atoms with van der Waals surface area (Å²) >= 11 is 0. The van der Waals surface area contributed by atoms with E-state index in [0.29, 0.717) is 34.3 Å². The standard InChI is InChI=1S/C34H40FN5O5/c1-19(41)25-10-9-22-14-27(40(31(22)36-25)17-20-7-8-20)32-37-26-13-23(15-28(44-6)30(26)38(32)5)33(43)39-16-21(11-24(35)18-39)12-29(42)45-34(2,3)4/h9-10,13-15,20-21,24H,7-8,11-12,16-18H2,1-6H3/t21-,24+/m0/s1. The number of methoxy groups -OCH3 is 1. The molecule has 0 bridgehead atoms. The van der Waals surface area contributed by atoms with Crippen molar-refractivity contribution in [2.24, 2.45) is 18.9 Å². The number of rotatable bonds is 8. The Hall–Kier alpha value is -4.28. The van der Waals surface area contributed by atoms with Gasteiger partial charge in [-0.3, -0.25) is 14.4 Å². The van der Waals surface area contributed by atoms with Gasteiger partial charge in [0.15, 0.2) is 11.6 Å². The van der Waals surface area contributed by atoms with Gasteiger partial charge >= 0.3 is 5.97 Å². The van der Waals surface area contributed by atoms with Gasteiger partial charge < -0.3 is 23.5 Å². The highest BCUT2D eigenvalue weighted by atomic mass is 19.1. The summed E-state index contributed by atoms with van der Waals surface area (Å²) in [6.07, 6.45) is 1.29. The first-order valence-electron chi connectivity index (χ1n) is 15.5. The fourth-order valence-corrected chi connectivity index (χ4v) is 6.32. The van der Waals surface area contributed by atoms with Crippen molar-refractivity contribution in [1.29, 1.82) is 0 Å². The quantitative estimate of drug-likeness (QED) is 0.183. The molecule has 10 nitrogen and oxygen atoms in total. The second-order valence-electron chi connectivity index (χ2n) is 13.5. The van der Waals surface area contributed by atoms with Crippen LogP contribution in [0.15, 0.2) is 30.3 Å². The van der Waals surface area contributed by atoms with Gasteiger partial charge in [0.1, 0.15) is 34.4 Å². The monoisotopic (exact) mass is 617 g/mol. The number of halogens is 1. The number of alkyl halides is 1. The summed E-state index contributed by atoms with van der Waals surface area (Å²) in [5, 5.41) is 0.914. The molecular weight excluding hydrogens is 577 g/mol. The van der Waals surface area contributed by atoms with Gasteiger partial charge in [-0.15, -0.1) is 0 Å². The number of amides is 1. The van der Waals surface area contributed by atoms with Crippen molar-refractivity contribution in [1.82, 2.24) is 24.0 Å². The molecule has 11 heteroatoms. The number of ketones is 1. The lowest BCUT2D eigenvalue weighted by Gasteiger charge is -2.35. The maximum Gasteiger partial charge on any atom is 0.306 e. The Morgan fingerprint density at radius 1 is 1.04 bits per heavy atom. The van der Waals surface area contributed by atoms with Gasteiger partial charge in [-0.05, 0) is 82.2 Å². The van der Waals surface area contributed by atoms with Crippen molar-refractivity contribution in [3.8, 4) is 17.3 Å². The summed E-state index contributed by atoms with van der Waals surface area (Å²) in [6, 6.07) is 9.08. The second kappa shape index (κ2) is 11.6. The number of ether oxygens (including phenoxy) is 2. The summed E-state index contributed by atoms with van der Waals surface area (Å²) < 4.78 is 30.2. The van der Waals surface area contributed by atoms with Crippen molar-refractivity contribution in [3.63, 3.8) is 0 Å². The first-order chi connectivity index (χ1) is 21.3. The van der Waals surface area contributed by atoms with Crippen LogP contribution in [0.1, 0.15) is 74.2 Å². The molecule has 2 aliphatic rings. The second-order valence-corrected chi connectivity index (χ2v) is 13.5. The Morgan fingerprint density at radius 3 is 2.47 bits per heavy atom. The minimum absolute atomic E-state index is 0.0467. The zero-order valence-electron chi connectivity index (χ0n) is 26.7. The molecule has 238 valence electrons. The molecule has 1 saturated heterocycles. The Bertz CT molecular complexity index is 1820. The highest BCUT2D eigenvalue weighted by Gasteiger charge is 2.34. The van der Waals surface area contributed by atoms with Crippen LogP contribution in [0.5, 0.6) is 5.75 Å². The molecule has 45 heavy (non-hydrogen) atoms. The number of benzene rings is 1. The van der Waals surface area contributed by atoms with Gasteiger partial charge in [0, 0.05) is 38.0 Å². The lowest BCUT2D eigenvalue weighted by Crippen LogP contribution is -2.45. The largest absolute Gasteiger partial charge is 0.494 e. The Kier molecular flexibility index (Phi) is 7.91. The molecular formula is C34H40FN5O5. The maximum atomic E-state index is 14.9. The van der Waals surface area contributed by atoms with Crippen LogP contribution in [0, 0.1) is 11.8 Å². The zero-order chi connectivity index (χ0) is 32.2. The first kappa shape index (κ1) is 30.7. The smallest absolute Gasteiger partial charge is 0.306 e. The predicted octanol–water partition coefficient (Wildman–Crippen LogP) is 5.74. The van der Waals surface area contributed by atoms with Gasteiger partial charge in [0.25, 0.3) is 5.91 Å². The normalized spacial score (nSPS) is 18.9. The SMILES string of the molecule is COc1cc(C(=O)N2C[C@H](F)C[C@@H](CC(=O)OC(C)(C)C)C2)cc2nc(-c3cc4ccc(C(C)=O)nc4n3CC3CC3)n(C)c12. The molecule has 2 fully saturated rings. The number of Topliss-reactive ketones (excluding diaryl/α,β-unsaturated/α-hetero) is 1. The third-order valence-corrected chi connectivity index (χ3v) is 8.52. The number of carbonyl (C=O) groups is 3. The number of likely N-dealkylation sites (tertiary alicyclic amines) is 1. The minimum Gasteiger partial charge on any atom is -0.494 e. The molecule has 1 aliphatic carbocycles. The maximum absolute atomic E-state index is 14.9. The minimum atomic E-state index is -1.24. The zero-order valence-corrected chi connectivity index (χ0v) is 26.7. The van der Waals surface area contributed by atoms with E-state index in [4.69, 9.17) is 19.4 Å². The third-order valence-electron chi connectivity index (χ3n) is 8.52. The van der Waals surface area contributed by atoms with E-state index in [9.17, 15) is 18.8 Å². The topological polar surface area (TPSA) is 109 Å². The van der Waals surface area contributed by atoms with Crippen LogP contribution < -0.4 is 4.74 Å². The highest BCUT2D eigenvalue weighted by molar-refractivity contribution is 6.00. The molecule has 1 amide bonds. The number of imidazole rings is 1. The molecule has 2 atom stereocenters. The average Bonchev–Trinajstić information content (AvgIpc) is 3.63. The van der Waals surface area contributed by atoms with Gasteiger partial charge in [0.2, 0.25) is 0 Å². The van der Waals surface area contributed by atoms with E-state index < -0.39 is 17.7 Å². The molecule has 0 unspecified atom stereocenters. The van der Waals surface area contributed by atoms with Crippen LogP contribution in [0.25, 0.3) is 33.6 Å². The third kappa shape index (κ3) is 6.30. The van der Waals surface area contributed by atoms with Gasteiger partial charge in [-0.25, -0.2) is 14.4 Å². The van der Waals surface area contributed by atoms with Gasteiger partial charge in [-0.1, -0.05) is 0 Å². The molecule has 6 rings (SSSR count).